The fourth-order valence-electron chi connectivity index (χ4n) is 6.42. The average molecular weight is 594 g/mol. The number of piperazine rings is 1. The minimum absolute atomic E-state index is 0.0656. The second-order valence-corrected chi connectivity index (χ2v) is 11.3. The Morgan fingerprint density at radius 3 is 2.30 bits per heavy atom. The maximum Gasteiger partial charge on any atom is 0.410 e. The van der Waals surface area contributed by atoms with Crippen LogP contribution in [-0.2, 0) is 38.7 Å². The molecule has 1 aromatic heterocycles. The van der Waals surface area contributed by atoms with Gasteiger partial charge in [0, 0.05) is 50.1 Å². The number of benzene rings is 3. The lowest BCUT2D eigenvalue weighted by Gasteiger charge is -2.50. The number of hydrogen-bond donors (Lipinski definition) is 2. The van der Waals surface area contributed by atoms with Crippen LogP contribution in [0.15, 0.2) is 84.9 Å². The second kappa shape index (κ2) is 12.2. The van der Waals surface area contributed by atoms with Crippen LogP contribution < -0.4 is 5.32 Å². The van der Waals surface area contributed by atoms with Gasteiger partial charge in [0.05, 0.1) is 12.6 Å². The summed E-state index contributed by atoms with van der Waals surface area (Å²) in [7, 11) is 1.56. The molecule has 3 aromatic carbocycles. The standard InChI is InChI=1S/C34H35N5O5/c1-22(40)38-20-29-31-26(25-15-9-10-16-27(25)36-31)17-28(32(41)35-2)39(29)33(42)30(38)19-37(18-23-11-5-3-6-12-23)34(43)44-21-24-13-7-4-8-14-24/h3-16,28-30,36H,17-21H2,1-2H3,(H,35,41)/t28-,29+,30-/m0/s1. The summed E-state index contributed by atoms with van der Waals surface area (Å²) in [6.07, 6.45) is -0.267. The lowest BCUT2D eigenvalue weighted by molar-refractivity contribution is -0.162. The van der Waals surface area contributed by atoms with Crippen LogP contribution in [0.25, 0.3) is 10.9 Å². The van der Waals surface area contributed by atoms with E-state index in [0.29, 0.717) is 6.42 Å². The first-order chi connectivity index (χ1) is 21.4. The van der Waals surface area contributed by atoms with Crippen LogP contribution >= 0.6 is 0 Å². The van der Waals surface area contributed by atoms with Gasteiger partial charge in [-0.05, 0) is 22.8 Å². The Morgan fingerprint density at radius 2 is 1.61 bits per heavy atom. The number of aromatic nitrogens is 1. The molecule has 10 heteroatoms. The summed E-state index contributed by atoms with van der Waals surface area (Å²) in [5.41, 5.74) is 4.39. The molecule has 0 saturated carbocycles. The minimum atomic E-state index is -1.00. The highest BCUT2D eigenvalue weighted by Gasteiger charge is 2.51. The minimum Gasteiger partial charge on any atom is -0.445 e. The number of hydrogen-bond acceptors (Lipinski definition) is 5. The topological polar surface area (TPSA) is 115 Å². The number of ether oxygens (including phenoxy) is 1. The van der Waals surface area contributed by atoms with Crippen molar-refractivity contribution in [2.75, 3.05) is 20.1 Å². The van der Waals surface area contributed by atoms with Crippen molar-refractivity contribution in [3.05, 3.63) is 107 Å². The molecule has 3 heterocycles. The van der Waals surface area contributed by atoms with Crippen molar-refractivity contribution < 1.29 is 23.9 Å². The number of H-pyrrole nitrogens is 1. The monoisotopic (exact) mass is 593 g/mol. The first-order valence-corrected chi connectivity index (χ1v) is 14.8. The summed E-state index contributed by atoms with van der Waals surface area (Å²) in [6.45, 7) is 1.76. The molecule has 1 saturated heterocycles. The van der Waals surface area contributed by atoms with Crippen molar-refractivity contribution in [2.24, 2.45) is 0 Å². The van der Waals surface area contributed by atoms with Gasteiger partial charge in [0.15, 0.2) is 0 Å². The number of carbonyl (C=O) groups excluding carboxylic acids is 4. The molecule has 3 atom stereocenters. The smallest absolute Gasteiger partial charge is 0.410 e. The molecule has 226 valence electrons. The Hall–Kier alpha value is -5.12. The van der Waals surface area contributed by atoms with Crippen molar-refractivity contribution in [1.82, 2.24) is 25.0 Å². The maximum atomic E-state index is 14.5. The van der Waals surface area contributed by atoms with E-state index >= 15 is 0 Å². The van der Waals surface area contributed by atoms with Gasteiger partial charge in [-0.15, -0.1) is 0 Å². The Balaban J connectivity index is 1.34. The highest BCUT2D eigenvalue weighted by atomic mass is 16.6. The molecule has 10 nitrogen and oxygen atoms in total. The zero-order valence-electron chi connectivity index (χ0n) is 24.7. The van der Waals surface area contributed by atoms with Gasteiger partial charge in [0.1, 0.15) is 18.7 Å². The number of para-hydroxylation sites is 1. The van der Waals surface area contributed by atoms with E-state index in [2.05, 4.69) is 10.3 Å². The van der Waals surface area contributed by atoms with Crippen LogP contribution in [-0.4, -0.2) is 75.7 Å². The largest absolute Gasteiger partial charge is 0.445 e. The molecule has 0 unspecified atom stereocenters. The van der Waals surface area contributed by atoms with Gasteiger partial charge < -0.3 is 29.7 Å². The molecule has 6 rings (SSSR count). The molecule has 4 aromatic rings. The molecule has 2 N–H and O–H groups in total. The van der Waals surface area contributed by atoms with Crippen LogP contribution in [0.2, 0.25) is 0 Å². The number of amides is 4. The fourth-order valence-corrected chi connectivity index (χ4v) is 6.42. The number of rotatable bonds is 7. The van der Waals surface area contributed by atoms with E-state index in [9.17, 15) is 19.2 Å². The molecular weight excluding hydrogens is 558 g/mol. The zero-order valence-corrected chi connectivity index (χ0v) is 24.7. The van der Waals surface area contributed by atoms with Gasteiger partial charge in [-0.25, -0.2) is 4.79 Å². The third kappa shape index (κ3) is 5.50. The molecule has 0 spiro atoms. The summed E-state index contributed by atoms with van der Waals surface area (Å²) in [5, 5.41) is 3.72. The lowest BCUT2D eigenvalue weighted by atomic mass is 9.87. The maximum absolute atomic E-state index is 14.5. The number of fused-ring (bicyclic) bond motifs is 5. The van der Waals surface area contributed by atoms with Crippen molar-refractivity contribution in [1.29, 1.82) is 0 Å². The van der Waals surface area contributed by atoms with E-state index in [0.717, 1.165) is 33.3 Å². The van der Waals surface area contributed by atoms with E-state index in [1.165, 1.54) is 16.7 Å². The summed E-state index contributed by atoms with van der Waals surface area (Å²) < 4.78 is 5.69. The van der Waals surface area contributed by atoms with Crippen molar-refractivity contribution in [3.8, 4) is 0 Å². The van der Waals surface area contributed by atoms with Gasteiger partial charge in [-0.1, -0.05) is 78.9 Å². The third-order valence-electron chi connectivity index (χ3n) is 8.56. The third-order valence-corrected chi connectivity index (χ3v) is 8.56. The van der Waals surface area contributed by atoms with E-state index in [1.54, 1.807) is 11.9 Å². The predicted octanol–water partition coefficient (Wildman–Crippen LogP) is 3.78. The molecular formula is C34H35N5O5. The average Bonchev–Trinajstić information content (AvgIpc) is 3.43. The van der Waals surface area contributed by atoms with Gasteiger partial charge in [-0.3, -0.25) is 14.4 Å². The molecule has 0 aliphatic carbocycles. The van der Waals surface area contributed by atoms with Crippen LogP contribution in [0.1, 0.15) is 35.3 Å². The molecule has 2 aliphatic rings. The molecule has 1 fully saturated rings. The van der Waals surface area contributed by atoms with E-state index in [4.69, 9.17) is 4.74 Å². The fraction of sp³-hybridized carbons (Fsp3) is 0.294. The van der Waals surface area contributed by atoms with Gasteiger partial charge in [0.2, 0.25) is 17.7 Å². The molecule has 0 bridgehead atoms. The van der Waals surface area contributed by atoms with Gasteiger partial charge >= 0.3 is 6.09 Å². The number of likely N-dealkylation sites (N-methyl/N-ethyl adjacent to an activating group) is 1. The summed E-state index contributed by atoms with van der Waals surface area (Å²) in [5.74, 6) is -0.957. The number of aromatic amines is 1. The van der Waals surface area contributed by atoms with E-state index in [-0.39, 0.29) is 44.0 Å². The predicted molar refractivity (Wildman–Crippen MR) is 164 cm³/mol. The van der Waals surface area contributed by atoms with Crippen LogP contribution in [0.3, 0.4) is 0 Å². The quantitative estimate of drug-likeness (QED) is 0.339. The van der Waals surface area contributed by atoms with Gasteiger partial charge in [-0.2, -0.15) is 0 Å². The molecule has 4 amide bonds. The number of nitrogens with zero attached hydrogens (tertiary/aromatic N) is 3. The molecule has 0 radical (unpaired) electrons. The van der Waals surface area contributed by atoms with Crippen molar-refractivity contribution >= 4 is 34.7 Å². The summed E-state index contributed by atoms with van der Waals surface area (Å²) >= 11 is 0. The molecule has 2 aliphatic heterocycles. The van der Waals surface area contributed by atoms with Gasteiger partial charge in [0.25, 0.3) is 0 Å². The number of nitrogens with one attached hydrogen (secondary N) is 2. The normalized spacial score (nSPS) is 19.2. The second-order valence-electron chi connectivity index (χ2n) is 11.3. The Labute approximate surface area is 255 Å². The van der Waals surface area contributed by atoms with Crippen molar-refractivity contribution in [2.45, 2.75) is 44.6 Å². The summed E-state index contributed by atoms with van der Waals surface area (Å²) in [4.78, 5) is 62.5. The Kier molecular flexibility index (Phi) is 8.06. The lowest BCUT2D eigenvalue weighted by Crippen LogP contribution is -2.67. The Bertz CT molecular complexity index is 1690. The number of carbonyl (C=O) groups is 4. The van der Waals surface area contributed by atoms with Crippen LogP contribution in [0.5, 0.6) is 0 Å². The first kappa shape index (κ1) is 29.0. The Morgan fingerprint density at radius 1 is 0.955 bits per heavy atom. The first-order valence-electron chi connectivity index (χ1n) is 14.8. The van der Waals surface area contributed by atoms with Crippen LogP contribution in [0.4, 0.5) is 4.79 Å². The summed E-state index contributed by atoms with van der Waals surface area (Å²) in [6, 6.07) is 24.3. The SMILES string of the molecule is CNC(=O)[C@@H]1Cc2c([nH]c3ccccc23)[C@H]2CN(C(C)=O)[C@@H](CN(Cc3ccccc3)C(=O)OCc3ccccc3)C(=O)N21. The van der Waals surface area contributed by atoms with Crippen LogP contribution in [0, 0.1) is 0 Å². The van der Waals surface area contributed by atoms with Crippen molar-refractivity contribution in [3.63, 3.8) is 0 Å². The van der Waals surface area contributed by atoms with E-state index < -0.39 is 24.2 Å². The van der Waals surface area contributed by atoms with E-state index in [1.807, 2.05) is 84.9 Å². The molecule has 44 heavy (non-hydrogen) atoms. The highest BCUT2D eigenvalue weighted by molar-refractivity contribution is 5.96. The zero-order chi connectivity index (χ0) is 30.8. The highest BCUT2D eigenvalue weighted by Crippen LogP contribution is 2.41.